The Bertz CT molecular complexity index is 804. The highest BCUT2D eigenvalue weighted by Gasteiger charge is 2.16. The summed E-state index contributed by atoms with van der Waals surface area (Å²) < 4.78 is 6.79. The minimum Gasteiger partial charge on any atom is -0.480 e. The van der Waals surface area contributed by atoms with Gasteiger partial charge in [0.15, 0.2) is 17.0 Å². The second kappa shape index (κ2) is 5.51. The maximum atomic E-state index is 9.37. The molecule has 0 aliphatic carbocycles. The van der Waals surface area contributed by atoms with Gasteiger partial charge in [0.25, 0.3) is 0 Å². The van der Waals surface area contributed by atoms with Crippen LogP contribution in [0.1, 0.15) is 11.1 Å². The van der Waals surface area contributed by atoms with E-state index in [4.69, 9.17) is 4.74 Å². The minimum atomic E-state index is 0.293. The third-order valence-corrected chi connectivity index (χ3v) is 3.11. The van der Waals surface area contributed by atoms with Gasteiger partial charge in [-0.15, -0.1) is 0 Å². The molecule has 0 atom stereocenters. The van der Waals surface area contributed by atoms with Crippen molar-refractivity contribution in [1.82, 2.24) is 14.6 Å². The van der Waals surface area contributed by atoms with E-state index in [1.807, 2.05) is 30.3 Å². The van der Waals surface area contributed by atoms with Gasteiger partial charge in [0, 0.05) is 12.6 Å². The molecule has 0 bridgehead atoms. The quantitative estimate of drug-likeness (QED) is 0.792. The second-order valence-electron chi connectivity index (χ2n) is 4.40. The van der Waals surface area contributed by atoms with Crippen LogP contribution >= 0.6 is 0 Å². The summed E-state index contributed by atoms with van der Waals surface area (Å²) in [6.45, 7) is 0.581. The van der Waals surface area contributed by atoms with Crippen molar-refractivity contribution in [2.45, 2.75) is 6.54 Å². The molecule has 2 heterocycles. The van der Waals surface area contributed by atoms with Crippen molar-refractivity contribution in [2.24, 2.45) is 0 Å². The Kier molecular flexibility index (Phi) is 3.39. The lowest BCUT2D eigenvalue weighted by atomic mass is 10.2. The molecule has 1 N–H and O–H groups in total. The molecule has 0 fully saturated rings. The normalized spacial score (nSPS) is 10.3. The first-order valence-electron chi connectivity index (χ1n) is 6.43. The number of nitrogens with one attached hydrogen (secondary N) is 1. The lowest BCUT2D eigenvalue weighted by molar-refractivity contribution is 0.397. The van der Waals surface area contributed by atoms with E-state index in [0.717, 1.165) is 5.56 Å². The summed E-state index contributed by atoms with van der Waals surface area (Å²) in [5.74, 6) is 0.870. The first-order chi connectivity index (χ1) is 10.3. The van der Waals surface area contributed by atoms with E-state index >= 15 is 0 Å². The van der Waals surface area contributed by atoms with E-state index in [0.29, 0.717) is 29.5 Å². The molecule has 6 nitrogen and oxygen atoms in total. The summed E-state index contributed by atoms with van der Waals surface area (Å²) in [6.07, 6.45) is 1.64. The molecule has 0 amide bonds. The van der Waals surface area contributed by atoms with Gasteiger partial charge in [-0.2, -0.15) is 19.9 Å². The molecule has 0 unspecified atom stereocenters. The fourth-order valence-corrected chi connectivity index (χ4v) is 2.11. The number of anilines is 1. The van der Waals surface area contributed by atoms with Crippen LogP contribution in [0.25, 0.3) is 5.65 Å². The van der Waals surface area contributed by atoms with Crippen molar-refractivity contribution >= 4 is 11.5 Å². The van der Waals surface area contributed by atoms with Crippen LogP contribution in [-0.4, -0.2) is 21.7 Å². The molecule has 3 rings (SSSR count). The zero-order chi connectivity index (χ0) is 14.7. The highest BCUT2D eigenvalue weighted by molar-refractivity contribution is 5.62. The number of nitrogens with zero attached hydrogens (tertiary/aromatic N) is 4. The smallest absolute Gasteiger partial charge is 0.237 e. The van der Waals surface area contributed by atoms with Gasteiger partial charge in [0.1, 0.15) is 6.07 Å². The van der Waals surface area contributed by atoms with E-state index in [2.05, 4.69) is 21.5 Å². The Morgan fingerprint density at radius 3 is 2.81 bits per heavy atom. The van der Waals surface area contributed by atoms with Gasteiger partial charge in [-0.05, 0) is 5.56 Å². The van der Waals surface area contributed by atoms with Crippen LogP contribution in [0, 0.1) is 11.3 Å². The largest absolute Gasteiger partial charge is 0.480 e. The summed E-state index contributed by atoms with van der Waals surface area (Å²) in [6, 6.07) is 13.8. The first kappa shape index (κ1) is 12.9. The van der Waals surface area contributed by atoms with Crippen LogP contribution in [0.2, 0.25) is 0 Å². The number of methoxy groups -OCH3 is 1. The summed E-state index contributed by atoms with van der Waals surface area (Å²) in [4.78, 5) is 4.26. The van der Waals surface area contributed by atoms with Gasteiger partial charge in [-0.25, -0.2) is 0 Å². The zero-order valence-corrected chi connectivity index (χ0v) is 11.4. The molecule has 2 aromatic heterocycles. The van der Waals surface area contributed by atoms with Crippen molar-refractivity contribution in [3.05, 3.63) is 53.7 Å². The Morgan fingerprint density at radius 1 is 1.29 bits per heavy atom. The van der Waals surface area contributed by atoms with Gasteiger partial charge in [0.05, 0.1) is 13.3 Å². The molecule has 1 aromatic carbocycles. The van der Waals surface area contributed by atoms with Crippen molar-refractivity contribution in [3.8, 4) is 11.9 Å². The molecule has 0 aliphatic rings. The number of aromatic nitrogens is 3. The predicted octanol–water partition coefficient (Wildman–Crippen LogP) is 2.22. The highest BCUT2D eigenvalue weighted by Crippen LogP contribution is 2.25. The van der Waals surface area contributed by atoms with E-state index in [9.17, 15) is 5.26 Å². The van der Waals surface area contributed by atoms with Crippen molar-refractivity contribution < 1.29 is 4.74 Å². The number of rotatable bonds is 4. The van der Waals surface area contributed by atoms with Crippen LogP contribution in [-0.2, 0) is 6.54 Å². The predicted molar refractivity (Wildman–Crippen MR) is 78.0 cm³/mol. The SMILES string of the molecule is COc1nc2ccnn2c(NCc2ccccc2)c1C#N. The van der Waals surface area contributed by atoms with Gasteiger partial charge in [-0.3, -0.25) is 0 Å². The summed E-state index contributed by atoms with van der Waals surface area (Å²) in [5.41, 5.74) is 2.07. The zero-order valence-electron chi connectivity index (χ0n) is 11.4. The molecule has 6 heteroatoms. The van der Waals surface area contributed by atoms with E-state index in [-0.39, 0.29) is 0 Å². The number of benzene rings is 1. The summed E-state index contributed by atoms with van der Waals surface area (Å²) in [7, 11) is 1.50. The van der Waals surface area contributed by atoms with Gasteiger partial charge in [-0.1, -0.05) is 30.3 Å². The maximum absolute atomic E-state index is 9.37. The molecular weight excluding hydrogens is 266 g/mol. The van der Waals surface area contributed by atoms with E-state index in [1.54, 1.807) is 16.8 Å². The fourth-order valence-electron chi connectivity index (χ4n) is 2.11. The number of nitriles is 1. The van der Waals surface area contributed by atoms with Gasteiger partial charge in [0.2, 0.25) is 5.88 Å². The number of ether oxygens (including phenoxy) is 1. The lowest BCUT2D eigenvalue weighted by Gasteiger charge is -2.12. The molecule has 0 saturated carbocycles. The Balaban J connectivity index is 2.03. The van der Waals surface area contributed by atoms with Crippen LogP contribution in [0.5, 0.6) is 5.88 Å². The van der Waals surface area contributed by atoms with Crippen molar-refractivity contribution in [3.63, 3.8) is 0 Å². The molecule has 104 valence electrons. The topological polar surface area (TPSA) is 75.2 Å². The molecular formula is C15H13N5O. The lowest BCUT2D eigenvalue weighted by Crippen LogP contribution is -2.10. The Morgan fingerprint density at radius 2 is 2.10 bits per heavy atom. The van der Waals surface area contributed by atoms with Crippen LogP contribution < -0.4 is 10.1 Å². The number of fused-ring (bicyclic) bond motifs is 1. The molecule has 21 heavy (non-hydrogen) atoms. The maximum Gasteiger partial charge on any atom is 0.237 e. The molecule has 3 aromatic rings. The standard InChI is InChI=1S/C15H13N5O/c1-21-15-12(9-16)14(20-13(19-15)7-8-18-20)17-10-11-5-3-2-4-6-11/h2-8,17H,10H2,1H3. The van der Waals surface area contributed by atoms with Gasteiger partial charge < -0.3 is 10.1 Å². The van der Waals surface area contributed by atoms with Crippen molar-refractivity contribution in [1.29, 1.82) is 5.26 Å². The van der Waals surface area contributed by atoms with E-state index < -0.39 is 0 Å². The summed E-state index contributed by atoms with van der Waals surface area (Å²) >= 11 is 0. The van der Waals surface area contributed by atoms with E-state index in [1.165, 1.54) is 7.11 Å². The molecule has 0 saturated heterocycles. The minimum absolute atomic E-state index is 0.293. The monoisotopic (exact) mass is 279 g/mol. The van der Waals surface area contributed by atoms with Crippen LogP contribution in [0.15, 0.2) is 42.6 Å². The van der Waals surface area contributed by atoms with Crippen molar-refractivity contribution in [2.75, 3.05) is 12.4 Å². The molecule has 0 aliphatic heterocycles. The third kappa shape index (κ3) is 2.37. The Labute approximate surface area is 121 Å². The average molecular weight is 279 g/mol. The fraction of sp³-hybridized carbons (Fsp3) is 0.133. The Hall–Kier alpha value is -3.07. The molecule has 0 spiro atoms. The summed E-state index contributed by atoms with van der Waals surface area (Å²) in [5, 5.41) is 16.8. The second-order valence-corrected chi connectivity index (χ2v) is 4.40. The average Bonchev–Trinajstić information content (AvgIpc) is 3.00. The number of hydrogen-bond donors (Lipinski definition) is 1. The van der Waals surface area contributed by atoms with Gasteiger partial charge >= 0.3 is 0 Å². The van der Waals surface area contributed by atoms with Crippen LogP contribution in [0.4, 0.5) is 5.82 Å². The number of hydrogen-bond acceptors (Lipinski definition) is 5. The third-order valence-electron chi connectivity index (χ3n) is 3.11. The van der Waals surface area contributed by atoms with Crippen LogP contribution in [0.3, 0.4) is 0 Å². The molecule has 0 radical (unpaired) electrons. The highest BCUT2D eigenvalue weighted by atomic mass is 16.5. The first-order valence-corrected chi connectivity index (χ1v) is 6.43.